The first-order valence-electron chi connectivity index (χ1n) is 7.74. The van der Waals surface area contributed by atoms with Crippen LogP contribution in [0.15, 0.2) is 12.1 Å². The monoisotopic (exact) mass is 315 g/mol. The average molecular weight is 316 g/mol. The topological polar surface area (TPSA) is 12.0 Å². The average Bonchev–Trinajstić information content (AvgIpc) is 2.43. The van der Waals surface area contributed by atoms with E-state index in [1.165, 1.54) is 6.42 Å². The van der Waals surface area contributed by atoms with Crippen molar-refractivity contribution in [3.05, 3.63) is 28.8 Å². The molecule has 0 atom stereocenters. The van der Waals surface area contributed by atoms with Crippen LogP contribution in [0.1, 0.15) is 52.9 Å². The lowest BCUT2D eigenvalue weighted by Gasteiger charge is -2.39. The molecule has 0 heterocycles. The van der Waals surface area contributed by atoms with Crippen LogP contribution in [-0.2, 0) is 0 Å². The molecule has 0 spiro atoms. The molecule has 0 bridgehead atoms. The molecule has 1 aromatic rings. The van der Waals surface area contributed by atoms with Gasteiger partial charge in [-0.3, -0.25) is 0 Å². The van der Waals surface area contributed by atoms with E-state index in [1.54, 1.807) is 0 Å². The molecule has 1 fully saturated rings. The first-order valence-corrected chi connectivity index (χ1v) is 8.12. The van der Waals surface area contributed by atoms with Crippen LogP contribution >= 0.6 is 11.6 Å². The summed E-state index contributed by atoms with van der Waals surface area (Å²) in [5.41, 5.74) is 0.597. The van der Waals surface area contributed by atoms with Crippen LogP contribution in [0, 0.1) is 23.0 Å². The maximum Gasteiger partial charge on any atom is 0.150 e. The van der Waals surface area contributed by atoms with Crippen molar-refractivity contribution >= 4 is 17.3 Å². The fourth-order valence-electron chi connectivity index (χ4n) is 3.19. The van der Waals surface area contributed by atoms with Crippen LogP contribution in [0.4, 0.5) is 14.5 Å². The fraction of sp³-hybridized carbons (Fsp3) is 0.647. The first-order chi connectivity index (χ1) is 9.83. The molecule has 0 aliphatic heterocycles. The molecule has 1 N–H and O–H groups in total. The minimum absolute atomic E-state index is 0.114. The van der Waals surface area contributed by atoms with Crippen LogP contribution in [0.2, 0.25) is 5.02 Å². The van der Waals surface area contributed by atoms with Gasteiger partial charge in [0.15, 0.2) is 5.82 Å². The molecule has 1 saturated carbocycles. The highest BCUT2D eigenvalue weighted by Gasteiger charge is 2.32. The molecule has 0 unspecified atom stereocenters. The zero-order valence-corrected chi connectivity index (χ0v) is 13.7. The summed E-state index contributed by atoms with van der Waals surface area (Å²) in [4.78, 5) is 0. The number of nitrogens with one attached hydrogen (secondary N) is 1. The molecular weight excluding hydrogens is 292 g/mol. The summed E-state index contributed by atoms with van der Waals surface area (Å²) < 4.78 is 26.9. The maximum absolute atomic E-state index is 13.8. The summed E-state index contributed by atoms with van der Waals surface area (Å²) in [5.74, 6) is -0.540. The molecule has 1 nitrogen and oxygen atoms in total. The summed E-state index contributed by atoms with van der Waals surface area (Å²) in [6.45, 7) is 6.88. The van der Waals surface area contributed by atoms with E-state index < -0.39 is 11.6 Å². The molecule has 1 aliphatic carbocycles. The molecule has 0 aromatic heterocycles. The molecule has 0 amide bonds. The van der Waals surface area contributed by atoms with Gasteiger partial charge in [0.1, 0.15) is 5.82 Å². The number of halogens is 3. The Labute approximate surface area is 131 Å². The quantitative estimate of drug-likeness (QED) is 0.715. The highest BCUT2D eigenvalue weighted by Crippen LogP contribution is 2.41. The van der Waals surface area contributed by atoms with Gasteiger partial charge in [-0.25, -0.2) is 8.78 Å². The normalized spacial score (nSPS) is 23.1. The standard InChI is InChI=1S/C17H24ClF2N/c1-4-17(2,3)11-5-7-13(8-6-11)21-16-14(18)9-12(19)10-15(16)20/h9-11,13,21H,4-8H2,1-3H3. The van der Waals surface area contributed by atoms with Gasteiger partial charge in [0.2, 0.25) is 0 Å². The van der Waals surface area contributed by atoms with Crippen LogP contribution < -0.4 is 5.32 Å². The van der Waals surface area contributed by atoms with Crippen molar-refractivity contribution < 1.29 is 8.78 Å². The Bertz CT molecular complexity index is 471. The predicted octanol–water partition coefficient (Wildman–Crippen LogP) is 6.03. The molecule has 2 rings (SSSR count). The van der Waals surface area contributed by atoms with E-state index >= 15 is 0 Å². The second-order valence-corrected chi connectivity index (χ2v) is 7.19. The third-order valence-corrected chi connectivity index (χ3v) is 5.40. The van der Waals surface area contributed by atoms with Crippen LogP contribution in [0.5, 0.6) is 0 Å². The van der Waals surface area contributed by atoms with Crippen molar-refractivity contribution in [1.29, 1.82) is 0 Å². The van der Waals surface area contributed by atoms with Gasteiger partial charge >= 0.3 is 0 Å². The molecule has 118 valence electrons. The van der Waals surface area contributed by atoms with Gasteiger partial charge in [-0.05, 0) is 43.1 Å². The van der Waals surface area contributed by atoms with Gasteiger partial charge < -0.3 is 5.32 Å². The fourth-order valence-corrected chi connectivity index (χ4v) is 3.44. The summed E-state index contributed by atoms with van der Waals surface area (Å²) in [6, 6.07) is 2.24. The lowest BCUT2D eigenvalue weighted by Crippen LogP contribution is -2.33. The molecule has 1 aromatic carbocycles. The smallest absolute Gasteiger partial charge is 0.150 e. The Morgan fingerprint density at radius 1 is 1.19 bits per heavy atom. The van der Waals surface area contributed by atoms with Crippen molar-refractivity contribution in [2.75, 3.05) is 5.32 Å². The molecule has 4 heteroatoms. The zero-order valence-electron chi connectivity index (χ0n) is 13.0. The van der Waals surface area contributed by atoms with E-state index in [0.29, 0.717) is 11.3 Å². The largest absolute Gasteiger partial charge is 0.379 e. The number of hydrogen-bond donors (Lipinski definition) is 1. The summed E-state index contributed by atoms with van der Waals surface area (Å²) in [6.07, 6.45) is 5.45. The van der Waals surface area contributed by atoms with Crippen molar-refractivity contribution in [3.63, 3.8) is 0 Å². The highest BCUT2D eigenvalue weighted by atomic mass is 35.5. The summed E-state index contributed by atoms with van der Waals surface area (Å²) in [7, 11) is 0. The minimum atomic E-state index is -0.642. The number of benzene rings is 1. The van der Waals surface area contributed by atoms with E-state index in [4.69, 9.17) is 11.6 Å². The number of rotatable bonds is 4. The van der Waals surface area contributed by atoms with Crippen LogP contribution in [0.25, 0.3) is 0 Å². The van der Waals surface area contributed by atoms with E-state index in [-0.39, 0.29) is 16.8 Å². The molecule has 1 aliphatic rings. The van der Waals surface area contributed by atoms with E-state index in [1.807, 2.05) is 0 Å². The van der Waals surface area contributed by atoms with E-state index in [9.17, 15) is 8.78 Å². The summed E-state index contributed by atoms with van der Waals surface area (Å²) >= 11 is 5.94. The third-order valence-electron chi connectivity index (χ3n) is 5.10. The predicted molar refractivity (Wildman–Crippen MR) is 84.8 cm³/mol. The van der Waals surface area contributed by atoms with Gasteiger partial charge in [0.05, 0.1) is 10.7 Å². The second kappa shape index (κ2) is 6.51. The lowest BCUT2D eigenvalue weighted by atomic mass is 9.69. The van der Waals surface area contributed by atoms with E-state index in [0.717, 1.165) is 37.8 Å². The van der Waals surface area contributed by atoms with Gasteiger partial charge in [-0.1, -0.05) is 38.8 Å². The molecular formula is C17H24ClF2N. The summed E-state index contributed by atoms with van der Waals surface area (Å²) in [5, 5.41) is 3.28. The van der Waals surface area contributed by atoms with Crippen molar-refractivity contribution in [2.45, 2.75) is 58.9 Å². The maximum atomic E-state index is 13.8. The Kier molecular flexibility index (Phi) is 5.13. The van der Waals surface area contributed by atoms with E-state index in [2.05, 4.69) is 26.1 Å². The third kappa shape index (κ3) is 3.88. The number of anilines is 1. The lowest BCUT2D eigenvalue weighted by molar-refractivity contribution is 0.147. The second-order valence-electron chi connectivity index (χ2n) is 6.78. The molecule has 21 heavy (non-hydrogen) atoms. The van der Waals surface area contributed by atoms with Gasteiger partial charge in [-0.2, -0.15) is 0 Å². The van der Waals surface area contributed by atoms with Crippen molar-refractivity contribution in [3.8, 4) is 0 Å². The molecule has 0 radical (unpaired) electrons. The van der Waals surface area contributed by atoms with Crippen LogP contribution in [0.3, 0.4) is 0 Å². The Morgan fingerprint density at radius 2 is 1.81 bits per heavy atom. The Hall–Kier alpha value is -0.830. The van der Waals surface area contributed by atoms with Crippen LogP contribution in [-0.4, -0.2) is 6.04 Å². The van der Waals surface area contributed by atoms with Gasteiger partial charge in [0.25, 0.3) is 0 Å². The van der Waals surface area contributed by atoms with Crippen molar-refractivity contribution in [1.82, 2.24) is 0 Å². The Balaban J connectivity index is 1.98. The highest BCUT2D eigenvalue weighted by molar-refractivity contribution is 6.33. The van der Waals surface area contributed by atoms with Gasteiger partial charge in [-0.15, -0.1) is 0 Å². The number of hydrogen-bond acceptors (Lipinski definition) is 1. The first kappa shape index (κ1) is 16.5. The minimum Gasteiger partial charge on any atom is -0.379 e. The zero-order chi connectivity index (χ0) is 15.6. The van der Waals surface area contributed by atoms with Gasteiger partial charge in [0, 0.05) is 12.1 Å². The SMILES string of the molecule is CCC(C)(C)C1CCC(Nc2c(F)cc(F)cc2Cl)CC1. The molecule has 0 saturated heterocycles. The Morgan fingerprint density at radius 3 is 2.33 bits per heavy atom. The van der Waals surface area contributed by atoms with Crippen molar-refractivity contribution in [2.24, 2.45) is 11.3 Å².